The maximum atomic E-state index is 8.50. The fraction of sp³-hybridized carbons (Fsp3) is 0.600. The fourth-order valence-electron chi connectivity index (χ4n) is 0.232. The van der Waals surface area contributed by atoms with Gasteiger partial charge in [0.1, 0.15) is 0 Å². The highest BCUT2D eigenvalue weighted by molar-refractivity contribution is 4.67. The van der Waals surface area contributed by atoms with Crippen molar-refractivity contribution >= 4 is 0 Å². The molecule has 0 aliphatic carbocycles. The Bertz CT molecular complexity index is 52.0. The Kier molecular flexibility index (Phi) is 3.52. The molecule has 0 aromatic carbocycles. The Hall–Kier alpha value is -0.430. The van der Waals surface area contributed by atoms with E-state index < -0.39 is 6.10 Å². The molecule has 0 radical (unpaired) electrons. The van der Waals surface area contributed by atoms with Gasteiger partial charge in [0.25, 0.3) is 0 Å². The third-order valence-corrected chi connectivity index (χ3v) is 0.619. The average molecular weight is 101 g/mol. The Morgan fingerprint density at radius 2 is 2.29 bits per heavy atom. The van der Waals surface area contributed by atoms with Crippen molar-refractivity contribution in [3.63, 3.8) is 0 Å². The lowest BCUT2D eigenvalue weighted by Gasteiger charge is -1.96. The van der Waals surface area contributed by atoms with Gasteiger partial charge in [-0.25, -0.2) is 0 Å². The topological polar surface area (TPSA) is 40.5 Å². The molecule has 0 rings (SSSR count). The molecule has 0 heterocycles. The molecular weight excluding hydrogens is 92.1 g/mol. The zero-order valence-corrected chi connectivity index (χ0v) is 4.04. The monoisotopic (exact) mass is 101 g/mol. The molecule has 0 fully saturated rings. The lowest BCUT2D eigenvalue weighted by atomic mass is 10.3. The number of hydrogen-bond donors (Lipinski definition) is 2. The second-order valence-electron chi connectivity index (χ2n) is 1.31. The highest BCUT2D eigenvalue weighted by atomic mass is 16.3. The largest absolute Gasteiger partial charge is 0.394 e. The number of rotatable bonds is 3. The Morgan fingerprint density at radius 1 is 1.71 bits per heavy atom. The molecule has 2 nitrogen and oxygen atoms in total. The van der Waals surface area contributed by atoms with E-state index in [1.165, 1.54) is 6.08 Å². The van der Waals surface area contributed by atoms with Gasteiger partial charge in [-0.15, -0.1) is 0 Å². The molecule has 0 amide bonds. The number of aliphatic hydroxyl groups is 2. The summed E-state index contributed by atoms with van der Waals surface area (Å²) in [4.78, 5) is 0. The zero-order valence-electron chi connectivity index (χ0n) is 4.04. The first-order valence-corrected chi connectivity index (χ1v) is 2.13. The SMILES string of the molecule is [CH+]=CC[C@H](O)CO. The van der Waals surface area contributed by atoms with E-state index in [2.05, 4.69) is 0 Å². The van der Waals surface area contributed by atoms with Gasteiger partial charge in [-0.2, -0.15) is 0 Å². The van der Waals surface area contributed by atoms with E-state index >= 15 is 0 Å². The molecule has 40 valence electrons. The summed E-state index contributed by atoms with van der Waals surface area (Å²) in [6.07, 6.45) is 1.00. The molecule has 7 heavy (non-hydrogen) atoms. The van der Waals surface area contributed by atoms with Crippen molar-refractivity contribution in [2.75, 3.05) is 6.61 Å². The summed E-state index contributed by atoms with van der Waals surface area (Å²) in [6, 6.07) is 0. The molecule has 0 spiro atoms. The van der Waals surface area contributed by atoms with Crippen LogP contribution in [0.2, 0.25) is 0 Å². The van der Waals surface area contributed by atoms with Crippen LogP contribution in [0.25, 0.3) is 0 Å². The first-order chi connectivity index (χ1) is 3.31. The van der Waals surface area contributed by atoms with E-state index in [4.69, 9.17) is 16.8 Å². The predicted octanol–water partition coefficient (Wildman–Crippen LogP) is -0.281. The Morgan fingerprint density at radius 3 is 2.43 bits per heavy atom. The van der Waals surface area contributed by atoms with Crippen LogP contribution in [0.3, 0.4) is 0 Å². The fourth-order valence-corrected chi connectivity index (χ4v) is 0.232. The summed E-state index contributed by atoms with van der Waals surface area (Å²) in [7, 11) is 0. The van der Waals surface area contributed by atoms with Crippen molar-refractivity contribution in [3.05, 3.63) is 12.7 Å². The lowest BCUT2D eigenvalue weighted by molar-refractivity contribution is 0.0976. The van der Waals surface area contributed by atoms with Gasteiger partial charge in [0.15, 0.2) is 6.08 Å². The van der Waals surface area contributed by atoms with Gasteiger partial charge in [0.05, 0.1) is 12.7 Å². The molecule has 0 unspecified atom stereocenters. The summed E-state index contributed by atoms with van der Waals surface area (Å²) in [5, 5.41) is 16.6. The van der Waals surface area contributed by atoms with Crippen molar-refractivity contribution in [3.8, 4) is 0 Å². The Labute approximate surface area is 43.1 Å². The van der Waals surface area contributed by atoms with E-state index in [1.54, 1.807) is 0 Å². The molecule has 0 aromatic rings. The van der Waals surface area contributed by atoms with Crippen molar-refractivity contribution < 1.29 is 10.2 Å². The molecule has 1 atom stereocenters. The summed E-state index contributed by atoms with van der Waals surface area (Å²) in [6.45, 7) is 4.69. The Balaban J connectivity index is 2.98. The zero-order chi connectivity index (χ0) is 5.70. The van der Waals surface area contributed by atoms with Crippen LogP contribution in [-0.4, -0.2) is 22.9 Å². The first-order valence-electron chi connectivity index (χ1n) is 2.13. The summed E-state index contributed by atoms with van der Waals surface area (Å²) in [5.74, 6) is 0. The molecule has 0 saturated carbocycles. The normalized spacial score (nSPS) is 13.3. The molecule has 0 aliphatic heterocycles. The lowest BCUT2D eigenvalue weighted by Crippen LogP contribution is -2.09. The van der Waals surface area contributed by atoms with Gasteiger partial charge < -0.3 is 10.2 Å². The minimum atomic E-state index is -0.676. The third kappa shape index (κ3) is 3.40. The van der Waals surface area contributed by atoms with E-state index in [0.717, 1.165) is 0 Å². The number of hydrogen-bond acceptors (Lipinski definition) is 2. The molecule has 0 bridgehead atoms. The molecular formula is C5H9O2+. The molecule has 2 N–H and O–H groups in total. The number of aliphatic hydroxyl groups excluding tert-OH is 2. The van der Waals surface area contributed by atoms with E-state index in [-0.39, 0.29) is 6.61 Å². The van der Waals surface area contributed by atoms with Crippen LogP contribution in [0, 0.1) is 6.58 Å². The molecule has 0 saturated heterocycles. The smallest absolute Gasteiger partial charge is 0.201 e. The average Bonchev–Trinajstić information content (AvgIpc) is 1.68. The highest BCUT2D eigenvalue weighted by Gasteiger charge is 1.97. The predicted molar refractivity (Wildman–Crippen MR) is 26.6 cm³/mol. The van der Waals surface area contributed by atoms with Crippen LogP contribution in [0.4, 0.5) is 0 Å². The van der Waals surface area contributed by atoms with E-state index in [9.17, 15) is 0 Å². The maximum absolute atomic E-state index is 8.50. The van der Waals surface area contributed by atoms with Crippen molar-refractivity contribution in [2.45, 2.75) is 12.5 Å². The van der Waals surface area contributed by atoms with Gasteiger partial charge in [0.2, 0.25) is 6.58 Å². The maximum Gasteiger partial charge on any atom is 0.201 e. The summed E-state index contributed by atoms with van der Waals surface area (Å²) in [5.41, 5.74) is 0. The molecule has 0 aliphatic rings. The van der Waals surface area contributed by atoms with Crippen LogP contribution in [-0.2, 0) is 0 Å². The molecule has 0 aromatic heterocycles. The van der Waals surface area contributed by atoms with Crippen LogP contribution in [0.5, 0.6) is 0 Å². The highest BCUT2D eigenvalue weighted by Crippen LogP contribution is 1.87. The van der Waals surface area contributed by atoms with Gasteiger partial charge >= 0.3 is 0 Å². The summed E-state index contributed by atoms with van der Waals surface area (Å²) < 4.78 is 0. The van der Waals surface area contributed by atoms with Crippen LogP contribution < -0.4 is 0 Å². The van der Waals surface area contributed by atoms with Gasteiger partial charge in [0, 0.05) is 6.42 Å². The second kappa shape index (κ2) is 3.75. The minimum absolute atomic E-state index is 0.215. The third-order valence-electron chi connectivity index (χ3n) is 0.619. The van der Waals surface area contributed by atoms with E-state index in [1.807, 2.05) is 0 Å². The van der Waals surface area contributed by atoms with Crippen LogP contribution in [0.15, 0.2) is 6.08 Å². The standard InChI is InChI=1S/C5H9O2/c1-2-3-5(7)4-6/h1-2,5-7H,3-4H2/q+1/t5-/m0/s1. The minimum Gasteiger partial charge on any atom is -0.394 e. The van der Waals surface area contributed by atoms with Crippen LogP contribution >= 0.6 is 0 Å². The summed E-state index contributed by atoms with van der Waals surface area (Å²) >= 11 is 0. The van der Waals surface area contributed by atoms with Gasteiger partial charge in [-0.3, -0.25) is 0 Å². The van der Waals surface area contributed by atoms with Crippen molar-refractivity contribution in [1.29, 1.82) is 0 Å². The second-order valence-corrected chi connectivity index (χ2v) is 1.31. The molecule has 2 heteroatoms. The van der Waals surface area contributed by atoms with Crippen LogP contribution in [0.1, 0.15) is 6.42 Å². The van der Waals surface area contributed by atoms with Gasteiger partial charge in [-0.1, -0.05) is 0 Å². The first kappa shape index (κ1) is 6.57. The van der Waals surface area contributed by atoms with E-state index in [0.29, 0.717) is 6.42 Å². The van der Waals surface area contributed by atoms with Gasteiger partial charge in [-0.05, 0) is 0 Å². The van der Waals surface area contributed by atoms with Crippen molar-refractivity contribution in [2.24, 2.45) is 0 Å². The quantitative estimate of drug-likeness (QED) is 0.480. The van der Waals surface area contributed by atoms with Crippen molar-refractivity contribution in [1.82, 2.24) is 0 Å².